The molecule has 22 heavy (non-hydrogen) atoms. The molecule has 0 radical (unpaired) electrons. The molecule has 130 valence electrons. The first kappa shape index (κ1) is 21.6. The minimum atomic E-state index is 1.13. The molecule has 0 atom stereocenters. The maximum absolute atomic E-state index is 3.36. The standard InChI is InChI=1S/C22H42/c1-3-5-7-9-11-13-15-17-19-21-22-20-18-16-14-12-10-8-6-4-2/h3-15,17,19-22H2,1-2H3. The maximum Gasteiger partial charge on any atom is 0.00886 e. The SMILES string of the molecule is CCCCCCCC#CCCCCCCCCCCCCC. The molecule has 0 heteroatoms. The Morgan fingerprint density at radius 2 is 0.636 bits per heavy atom. The van der Waals surface area contributed by atoms with Gasteiger partial charge in [-0.2, -0.15) is 0 Å². The Bertz CT molecular complexity index is 242. The van der Waals surface area contributed by atoms with E-state index in [1.807, 2.05) is 0 Å². The van der Waals surface area contributed by atoms with Crippen molar-refractivity contribution in [1.82, 2.24) is 0 Å². The average molecular weight is 307 g/mol. The van der Waals surface area contributed by atoms with Gasteiger partial charge < -0.3 is 0 Å². The molecule has 0 saturated heterocycles. The summed E-state index contributed by atoms with van der Waals surface area (Å²) in [4.78, 5) is 0. The fraction of sp³-hybridized carbons (Fsp3) is 0.909. The molecule has 0 unspecified atom stereocenters. The van der Waals surface area contributed by atoms with Crippen LogP contribution in [0, 0.1) is 11.8 Å². The van der Waals surface area contributed by atoms with Crippen LogP contribution in [0.2, 0.25) is 0 Å². The van der Waals surface area contributed by atoms with Gasteiger partial charge in [0, 0.05) is 12.8 Å². The Balaban J connectivity index is 3.05. The average Bonchev–Trinajstić information content (AvgIpc) is 2.54. The molecule has 0 bridgehead atoms. The van der Waals surface area contributed by atoms with Crippen molar-refractivity contribution in [3.05, 3.63) is 0 Å². The first-order valence-corrected chi connectivity index (χ1v) is 10.4. The van der Waals surface area contributed by atoms with Crippen molar-refractivity contribution in [1.29, 1.82) is 0 Å². The van der Waals surface area contributed by atoms with Crippen LogP contribution in [0.1, 0.15) is 129 Å². The summed E-state index contributed by atoms with van der Waals surface area (Å²) >= 11 is 0. The lowest BCUT2D eigenvalue weighted by molar-refractivity contribution is 0.551. The normalized spacial score (nSPS) is 10.5. The van der Waals surface area contributed by atoms with E-state index >= 15 is 0 Å². The summed E-state index contributed by atoms with van der Waals surface area (Å²) in [5.74, 6) is 6.70. The summed E-state index contributed by atoms with van der Waals surface area (Å²) in [6, 6.07) is 0. The third kappa shape index (κ3) is 19.6. The van der Waals surface area contributed by atoms with Gasteiger partial charge in [0.25, 0.3) is 0 Å². The molecular weight excluding hydrogens is 264 g/mol. The van der Waals surface area contributed by atoms with E-state index in [0.717, 1.165) is 12.8 Å². The second-order valence-corrected chi connectivity index (χ2v) is 6.80. The summed E-state index contributed by atoms with van der Waals surface area (Å²) < 4.78 is 0. The third-order valence-corrected chi connectivity index (χ3v) is 4.44. The largest absolute Gasteiger partial charge is 0.103 e. The van der Waals surface area contributed by atoms with Crippen LogP contribution in [0.5, 0.6) is 0 Å². The molecule has 0 nitrogen and oxygen atoms in total. The van der Waals surface area contributed by atoms with Gasteiger partial charge in [0.2, 0.25) is 0 Å². The first-order valence-electron chi connectivity index (χ1n) is 10.4. The molecule has 0 aromatic carbocycles. The highest BCUT2D eigenvalue weighted by atomic mass is 14.0. The van der Waals surface area contributed by atoms with E-state index in [-0.39, 0.29) is 0 Å². The maximum atomic E-state index is 3.36. The van der Waals surface area contributed by atoms with E-state index < -0.39 is 0 Å². The van der Waals surface area contributed by atoms with Crippen LogP contribution >= 0.6 is 0 Å². The van der Waals surface area contributed by atoms with Crippen LogP contribution in [0.3, 0.4) is 0 Å². The predicted octanol–water partition coefficient (Wildman–Crippen LogP) is 8.05. The van der Waals surface area contributed by atoms with E-state index in [9.17, 15) is 0 Å². The molecule has 0 fully saturated rings. The Hall–Kier alpha value is -0.440. The van der Waals surface area contributed by atoms with Gasteiger partial charge in [0.1, 0.15) is 0 Å². The third-order valence-electron chi connectivity index (χ3n) is 4.44. The second-order valence-electron chi connectivity index (χ2n) is 6.80. The minimum absolute atomic E-state index is 1.13. The van der Waals surface area contributed by atoms with Gasteiger partial charge >= 0.3 is 0 Å². The summed E-state index contributed by atoms with van der Waals surface area (Å²) in [6.07, 6.45) is 24.7. The van der Waals surface area contributed by atoms with Crippen LogP contribution in [0.15, 0.2) is 0 Å². The van der Waals surface area contributed by atoms with E-state index in [2.05, 4.69) is 25.7 Å². The highest BCUT2D eigenvalue weighted by Crippen LogP contribution is 2.11. The summed E-state index contributed by atoms with van der Waals surface area (Å²) in [5, 5.41) is 0. The Morgan fingerprint density at radius 1 is 0.364 bits per heavy atom. The molecule has 0 rings (SSSR count). The van der Waals surface area contributed by atoms with Gasteiger partial charge in [-0.05, 0) is 12.8 Å². The fourth-order valence-electron chi connectivity index (χ4n) is 2.87. The van der Waals surface area contributed by atoms with E-state index in [1.54, 1.807) is 0 Å². The van der Waals surface area contributed by atoms with E-state index in [4.69, 9.17) is 0 Å². The number of rotatable bonds is 16. The van der Waals surface area contributed by atoms with Crippen molar-refractivity contribution in [2.24, 2.45) is 0 Å². The zero-order valence-electron chi connectivity index (χ0n) is 15.7. The summed E-state index contributed by atoms with van der Waals surface area (Å²) in [5.41, 5.74) is 0. The lowest BCUT2D eigenvalue weighted by Gasteiger charge is -2.01. The highest BCUT2D eigenvalue weighted by molar-refractivity contribution is 4.98. The number of hydrogen-bond acceptors (Lipinski definition) is 0. The molecule has 0 aliphatic heterocycles. The molecule has 0 aliphatic rings. The number of hydrogen-bond donors (Lipinski definition) is 0. The summed E-state index contributed by atoms with van der Waals surface area (Å²) in [7, 11) is 0. The van der Waals surface area contributed by atoms with Crippen molar-refractivity contribution in [3.63, 3.8) is 0 Å². The van der Waals surface area contributed by atoms with E-state index in [1.165, 1.54) is 103 Å². The van der Waals surface area contributed by atoms with Crippen LogP contribution in [0.25, 0.3) is 0 Å². The van der Waals surface area contributed by atoms with Gasteiger partial charge in [0.05, 0.1) is 0 Å². The van der Waals surface area contributed by atoms with Crippen molar-refractivity contribution in [2.45, 2.75) is 129 Å². The topological polar surface area (TPSA) is 0 Å². The minimum Gasteiger partial charge on any atom is -0.103 e. The molecule has 0 amide bonds. The lowest BCUT2D eigenvalue weighted by Crippen LogP contribution is -1.82. The number of unbranched alkanes of at least 4 members (excludes halogenated alkanes) is 16. The van der Waals surface area contributed by atoms with Crippen molar-refractivity contribution >= 4 is 0 Å². The van der Waals surface area contributed by atoms with Crippen molar-refractivity contribution in [3.8, 4) is 11.8 Å². The van der Waals surface area contributed by atoms with Crippen LogP contribution in [0.4, 0.5) is 0 Å². The molecule has 0 aromatic heterocycles. The smallest absolute Gasteiger partial charge is 0.00886 e. The van der Waals surface area contributed by atoms with Gasteiger partial charge in [-0.1, -0.05) is 104 Å². The summed E-state index contributed by atoms with van der Waals surface area (Å²) in [6.45, 7) is 4.56. The Labute approximate surface area is 141 Å². The van der Waals surface area contributed by atoms with Crippen LogP contribution < -0.4 is 0 Å². The molecular formula is C22H42. The monoisotopic (exact) mass is 306 g/mol. The second kappa shape index (κ2) is 20.6. The van der Waals surface area contributed by atoms with E-state index in [0.29, 0.717) is 0 Å². The zero-order chi connectivity index (χ0) is 16.1. The van der Waals surface area contributed by atoms with Gasteiger partial charge in [-0.15, -0.1) is 11.8 Å². The lowest BCUT2D eigenvalue weighted by atomic mass is 10.1. The van der Waals surface area contributed by atoms with Gasteiger partial charge in [0.15, 0.2) is 0 Å². The quantitative estimate of drug-likeness (QED) is 0.200. The fourth-order valence-corrected chi connectivity index (χ4v) is 2.87. The van der Waals surface area contributed by atoms with Gasteiger partial charge in [-0.25, -0.2) is 0 Å². The van der Waals surface area contributed by atoms with Crippen molar-refractivity contribution < 1.29 is 0 Å². The molecule has 0 spiro atoms. The predicted molar refractivity (Wildman–Crippen MR) is 102 cm³/mol. The first-order chi connectivity index (χ1) is 10.9. The molecule has 0 heterocycles. The van der Waals surface area contributed by atoms with Gasteiger partial charge in [-0.3, -0.25) is 0 Å². The molecule has 0 N–H and O–H groups in total. The molecule has 0 aliphatic carbocycles. The van der Waals surface area contributed by atoms with Crippen LogP contribution in [-0.2, 0) is 0 Å². The molecule has 0 aromatic rings. The zero-order valence-corrected chi connectivity index (χ0v) is 15.7. The highest BCUT2D eigenvalue weighted by Gasteiger charge is 1.92. The van der Waals surface area contributed by atoms with Crippen LogP contribution in [-0.4, -0.2) is 0 Å². The Kier molecular flexibility index (Phi) is 20.1. The molecule has 0 saturated carbocycles. The Morgan fingerprint density at radius 3 is 0.955 bits per heavy atom. The van der Waals surface area contributed by atoms with Crippen molar-refractivity contribution in [2.75, 3.05) is 0 Å².